The van der Waals surface area contributed by atoms with Gasteiger partial charge in [-0.2, -0.15) is 0 Å². The van der Waals surface area contributed by atoms with E-state index in [1.807, 2.05) is 26.8 Å². The van der Waals surface area contributed by atoms with Gasteiger partial charge in [0.2, 0.25) is 15.8 Å². The van der Waals surface area contributed by atoms with Crippen LogP contribution in [0.25, 0.3) is 0 Å². The van der Waals surface area contributed by atoms with Crippen molar-refractivity contribution in [1.29, 1.82) is 0 Å². The molecule has 0 spiro atoms. The molecule has 0 aliphatic carbocycles. The molecule has 0 radical (unpaired) electrons. The van der Waals surface area contributed by atoms with Crippen molar-refractivity contribution in [3.05, 3.63) is 41.5 Å². The molecule has 0 bridgehead atoms. The molecular weight excluding hydrogens is 444 g/mol. The zero-order chi connectivity index (χ0) is 24.0. The summed E-state index contributed by atoms with van der Waals surface area (Å²) in [6, 6.07) is 8.64. The lowest BCUT2D eigenvalue weighted by atomic mass is 10.0. The molecule has 0 saturated carbocycles. The summed E-state index contributed by atoms with van der Waals surface area (Å²) < 4.78 is 43.6. The standard InChI is InChI=1S/C24H32N2O6S/c1-5-30-21-14-18(15-22(31-6-2)23(21)32-7-3)24(27)25-19-12-11-17-10-9-13-26(20(17)16-19)33(28,29)8-4/h11-12,14-16H,5-10,13H2,1-4H3,(H,25,27). The van der Waals surface area contributed by atoms with Crippen molar-refractivity contribution in [2.45, 2.75) is 40.5 Å². The van der Waals surface area contributed by atoms with Crippen molar-refractivity contribution in [3.63, 3.8) is 0 Å². The van der Waals surface area contributed by atoms with Crippen LogP contribution < -0.4 is 23.8 Å². The first-order valence-corrected chi connectivity index (χ1v) is 13.0. The molecule has 3 rings (SSSR count). The second kappa shape index (κ2) is 10.8. The van der Waals surface area contributed by atoms with Crippen molar-refractivity contribution in [1.82, 2.24) is 0 Å². The summed E-state index contributed by atoms with van der Waals surface area (Å²) in [5.74, 6) is 0.991. The van der Waals surface area contributed by atoms with Crippen molar-refractivity contribution >= 4 is 27.3 Å². The number of amides is 1. The monoisotopic (exact) mass is 476 g/mol. The average molecular weight is 477 g/mol. The minimum atomic E-state index is -3.39. The molecule has 0 atom stereocenters. The van der Waals surface area contributed by atoms with Gasteiger partial charge in [0.25, 0.3) is 5.91 Å². The maximum Gasteiger partial charge on any atom is 0.255 e. The Morgan fingerprint density at radius 2 is 1.61 bits per heavy atom. The van der Waals surface area contributed by atoms with Gasteiger partial charge >= 0.3 is 0 Å². The van der Waals surface area contributed by atoms with Crippen LogP contribution in [0.1, 0.15) is 50.0 Å². The number of sulfonamides is 1. The Kier molecular flexibility index (Phi) is 8.07. The predicted octanol–water partition coefficient (Wildman–Crippen LogP) is 4.24. The van der Waals surface area contributed by atoms with E-state index < -0.39 is 10.0 Å². The largest absolute Gasteiger partial charge is 0.490 e. The van der Waals surface area contributed by atoms with Gasteiger partial charge in [0.1, 0.15) is 0 Å². The molecule has 0 fully saturated rings. The molecule has 180 valence electrons. The second-order valence-electron chi connectivity index (χ2n) is 7.47. The number of benzene rings is 2. The lowest BCUT2D eigenvalue weighted by Crippen LogP contribution is -2.36. The van der Waals surface area contributed by atoms with Crippen LogP contribution in [0.3, 0.4) is 0 Å². The SMILES string of the molecule is CCOc1cc(C(=O)Nc2ccc3c(c2)N(S(=O)(=O)CC)CCC3)cc(OCC)c1OCC. The minimum absolute atomic E-state index is 0.0234. The van der Waals surface area contributed by atoms with E-state index in [-0.39, 0.29) is 11.7 Å². The zero-order valence-corrected chi connectivity index (χ0v) is 20.5. The number of aryl methyl sites for hydroxylation is 1. The average Bonchev–Trinajstić information content (AvgIpc) is 2.80. The molecule has 33 heavy (non-hydrogen) atoms. The molecule has 1 aliphatic heterocycles. The van der Waals surface area contributed by atoms with Gasteiger partial charge in [0, 0.05) is 17.8 Å². The predicted molar refractivity (Wildman–Crippen MR) is 129 cm³/mol. The van der Waals surface area contributed by atoms with Crippen LogP contribution in [0.5, 0.6) is 17.2 Å². The normalized spacial score (nSPS) is 13.3. The van der Waals surface area contributed by atoms with E-state index in [1.165, 1.54) is 4.31 Å². The molecule has 2 aromatic carbocycles. The summed E-state index contributed by atoms with van der Waals surface area (Å²) in [6.45, 7) is 8.88. The minimum Gasteiger partial charge on any atom is -0.490 e. The topological polar surface area (TPSA) is 94.2 Å². The first kappa shape index (κ1) is 24.7. The fourth-order valence-electron chi connectivity index (χ4n) is 3.79. The van der Waals surface area contributed by atoms with Gasteiger partial charge in [-0.3, -0.25) is 9.10 Å². The number of carbonyl (C=O) groups excluding carboxylic acids is 1. The van der Waals surface area contributed by atoms with Crippen LogP contribution in [0.2, 0.25) is 0 Å². The third-order valence-electron chi connectivity index (χ3n) is 5.29. The molecule has 1 N–H and O–H groups in total. The smallest absolute Gasteiger partial charge is 0.255 e. The Labute approximate surface area is 195 Å². The van der Waals surface area contributed by atoms with Crippen LogP contribution >= 0.6 is 0 Å². The number of hydrogen-bond donors (Lipinski definition) is 1. The third kappa shape index (κ3) is 5.52. The maximum atomic E-state index is 13.1. The van der Waals surface area contributed by atoms with Gasteiger partial charge in [-0.15, -0.1) is 0 Å². The van der Waals surface area contributed by atoms with E-state index >= 15 is 0 Å². The van der Waals surface area contributed by atoms with Gasteiger partial charge in [0.05, 0.1) is 31.3 Å². The second-order valence-corrected chi connectivity index (χ2v) is 9.66. The van der Waals surface area contributed by atoms with E-state index in [0.717, 1.165) is 18.4 Å². The summed E-state index contributed by atoms with van der Waals surface area (Å²) in [7, 11) is -3.39. The van der Waals surface area contributed by atoms with Crippen molar-refractivity contribution in [2.75, 3.05) is 41.7 Å². The van der Waals surface area contributed by atoms with Crippen LogP contribution in [-0.4, -0.2) is 46.4 Å². The number of nitrogens with zero attached hydrogens (tertiary/aromatic N) is 1. The van der Waals surface area contributed by atoms with Crippen LogP contribution in [0.4, 0.5) is 11.4 Å². The fraction of sp³-hybridized carbons (Fsp3) is 0.458. The Hall–Kier alpha value is -2.94. The number of nitrogens with one attached hydrogen (secondary N) is 1. The molecule has 1 amide bonds. The third-order valence-corrected chi connectivity index (χ3v) is 7.07. The van der Waals surface area contributed by atoms with Crippen LogP contribution in [0.15, 0.2) is 30.3 Å². The first-order valence-electron chi connectivity index (χ1n) is 11.4. The Morgan fingerprint density at radius 3 is 2.18 bits per heavy atom. The highest BCUT2D eigenvalue weighted by Gasteiger charge is 2.26. The van der Waals surface area contributed by atoms with E-state index in [1.54, 1.807) is 31.2 Å². The lowest BCUT2D eigenvalue weighted by molar-refractivity contribution is 0.102. The van der Waals surface area contributed by atoms with Gasteiger partial charge in [-0.05, 0) is 70.4 Å². The fourth-order valence-corrected chi connectivity index (χ4v) is 4.98. The van der Waals surface area contributed by atoms with Crippen LogP contribution in [0, 0.1) is 0 Å². The van der Waals surface area contributed by atoms with Gasteiger partial charge in [-0.1, -0.05) is 6.07 Å². The van der Waals surface area contributed by atoms with Gasteiger partial charge < -0.3 is 19.5 Å². The van der Waals surface area contributed by atoms with E-state index in [4.69, 9.17) is 14.2 Å². The summed E-state index contributed by atoms with van der Waals surface area (Å²) in [5, 5.41) is 2.88. The van der Waals surface area contributed by atoms with E-state index in [2.05, 4.69) is 5.32 Å². The number of carbonyl (C=O) groups is 1. The van der Waals surface area contributed by atoms with E-state index in [9.17, 15) is 13.2 Å². The summed E-state index contributed by atoms with van der Waals surface area (Å²) in [6.07, 6.45) is 1.57. The highest BCUT2D eigenvalue weighted by atomic mass is 32.2. The van der Waals surface area contributed by atoms with Gasteiger partial charge in [0.15, 0.2) is 11.5 Å². The molecule has 0 unspecified atom stereocenters. The lowest BCUT2D eigenvalue weighted by Gasteiger charge is -2.30. The Balaban J connectivity index is 1.93. The number of anilines is 2. The van der Waals surface area contributed by atoms with E-state index in [0.29, 0.717) is 60.6 Å². The molecule has 2 aromatic rings. The first-order chi connectivity index (χ1) is 15.8. The van der Waals surface area contributed by atoms with Crippen molar-refractivity contribution in [3.8, 4) is 17.2 Å². The van der Waals surface area contributed by atoms with Crippen molar-refractivity contribution < 1.29 is 27.4 Å². The number of ether oxygens (including phenoxy) is 3. The molecule has 1 heterocycles. The number of hydrogen-bond acceptors (Lipinski definition) is 6. The molecule has 9 heteroatoms. The van der Waals surface area contributed by atoms with Gasteiger partial charge in [-0.25, -0.2) is 8.42 Å². The van der Waals surface area contributed by atoms with Crippen molar-refractivity contribution in [2.24, 2.45) is 0 Å². The summed E-state index contributed by atoms with van der Waals surface area (Å²) in [4.78, 5) is 13.1. The maximum absolute atomic E-state index is 13.1. The Morgan fingerprint density at radius 1 is 0.970 bits per heavy atom. The quantitative estimate of drug-likeness (QED) is 0.551. The molecule has 1 aliphatic rings. The summed E-state index contributed by atoms with van der Waals surface area (Å²) in [5.41, 5.74) is 2.44. The summed E-state index contributed by atoms with van der Waals surface area (Å²) >= 11 is 0. The number of fused-ring (bicyclic) bond motifs is 1. The van der Waals surface area contributed by atoms with Crippen LogP contribution in [-0.2, 0) is 16.4 Å². The highest BCUT2D eigenvalue weighted by molar-refractivity contribution is 7.92. The highest BCUT2D eigenvalue weighted by Crippen LogP contribution is 2.39. The number of rotatable bonds is 10. The molecule has 0 aromatic heterocycles. The molecule has 8 nitrogen and oxygen atoms in total. The zero-order valence-electron chi connectivity index (χ0n) is 19.6. The Bertz CT molecular complexity index is 1070. The molecule has 0 saturated heterocycles. The molecular formula is C24H32N2O6S.